The monoisotopic (exact) mass is 244 g/mol. The van der Waals surface area contributed by atoms with Gasteiger partial charge in [-0.05, 0) is 34.6 Å². The maximum absolute atomic E-state index is 11.8. The van der Waals surface area contributed by atoms with Crippen molar-refractivity contribution in [1.29, 1.82) is 0 Å². The van der Waals surface area contributed by atoms with Gasteiger partial charge in [0.1, 0.15) is 12.1 Å². The van der Waals surface area contributed by atoms with Crippen LogP contribution in [-0.2, 0) is 9.53 Å². The first-order chi connectivity index (χ1) is 7.71. The molecule has 100 valence electrons. The van der Waals surface area contributed by atoms with Gasteiger partial charge in [-0.15, -0.1) is 0 Å². The number of ether oxygens (including phenoxy) is 1. The molecular formula is C12H24N2O3. The molecule has 0 bridgehead atoms. The van der Waals surface area contributed by atoms with Crippen LogP contribution in [0.15, 0.2) is 0 Å². The summed E-state index contributed by atoms with van der Waals surface area (Å²) in [5.41, 5.74) is -0.538. The summed E-state index contributed by atoms with van der Waals surface area (Å²) < 4.78 is 5.16. The number of carbonyl (C=O) groups excluding carboxylic acids is 2. The van der Waals surface area contributed by atoms with Gasteiger partial charge in [0.05, 0.1) is 0 Å². The highest BCUT2D eigenvalue weighted by Gasteiger charge is 2.22. The van der Waals surface area contributed by atoms with E-state index in [2.05, 4.69) is 0 Å². The zero-order valence-corrected chi connectivity index (χ0v) is 11.7. The van der Waals surface area contributed by atoms with Crippen LogP contribution in [0.5, 0.6) is 0 Å². The van der Waals surface area contributed by atoms with Gasteiger partial charge < -0.3 is 14.5 Å². The quantitative estimate of drug-likeness (QED) is 0.756. The summed E-state index contributed by atoms with van der Waals surface area (Å²) in [6, 6.07) is 0. The maximum Gasteiger partial charge on any atom is 0.410 e. The van der Waals surface area contributed by atoms with Gasteiger partial charge in [0.15, 0.2) is 0 Å². The smallest absolute Gasteiger partial charge is 0.410 e. The number of carbonyl (C=O) groups is 2. The lowest BCUT2D eigenvalue weighted by Crippen LogP contribution is -2.42. The molecule has 0 aromatic heterocycles. The van der Waals surface area contributed by atoms with Crippen LogP contribution < -0.4 is 0 Å². The Bertz CT molecular complexity index is 267. The molecule has 2 amide bonds. The number of rotatable bonds is 4. The van der Waals surface area contributed by atoms with Crippen molar-refractivity contribution in [2.24, 2.45) is 0 Å². The topological polar surface area (TPSA) is 49.9 Å². The molecule has 17 heavy (non-hydrogen) atoms. The van der Waals surface area contributed by atoms with Crippen molar-refractivity contribution in [3.05, 3.63) is 0 Å². The molecule has 0 saturated carbocycles. The van der Waals surface area contributed by atoms with E-state index in [-0.39, 0.29) is 12.5 Å². The van der Waals surface area contributed by atoms with Gasteiger partial charge in [0.25, 0.3) is 0 Å². The summed E-state index contributed by atoms with van der Waals surface area (Å²) in [6.07, 6.45) is -0.474. The predicted octanol–water partition coefficient (Wildman–Crippen LogP) is 1.72. The Morgan fingerprint density at radius 1 is 1.12 bits per heavy atom. The summed E-state index contributed by atoms with van der Waals surface area (Å²) in [4.78, 5) is 26.4. The molecule has 0 rings (SSSR count). The molecule has 0 aromatic carbocycles. The zero-order chi connectivity index (χ0) is 13.6. The van der Waals surface area contributed by atoms with E-state index in [1.807, 2.05) is 13.8 Å². The highest BCUT2D eigenvalue weighted by atomic mass is 16.6. The Balaban J connectivity index is 4.30. The molecule has 0 aromatic rings. The van der Waals surface area contributed by atoms with Gasteiger partial charge in [-0.2, -0.15) is 0 Å². The molecule has 5 nitrogen and oxygen atoms in total. The molecule has 5 heteroatoms. The third-order valence-corrected chi connectivity index (χ3v) is 2.19. The van der Waals surface area contributed by atoms with E-state index in [1.54, 1.807) is 32.7 Å². The van der Waals surface area contributed by atoms with Crippen molar-refractivity contribution in [1.82, 2.24) is 9.80 Å². The van der Waals surface area contributed by atoms with Crippen LogP contribution >= 0.6 is 0 Å². The minimum Gasteiger partial charge on any atom is -0.444 e. The molecule has 0 aliphatic carbocycles. The van der Waals surface area contributed by atoms with Gasteiger partial charge in [-0.25, -0.2) is 4.79 Å². The maximum atomic E-state index is 11.8. The number of hydrogen-bond acceptors (Lipinski definition) is 3. The number of hydrogen-bond donors (Lipinski definition) is 0. The summed E-state index contributed by atoms with van der Waals surface area (Å²) in [5, 5.41) is 0. The Hall–Kier alpha value is -1.26. The second kappa shape index (κ2) is 6.47. The molecule has 0 spiro atoms. The van der Waals surface area contributed by atoms with Gasteiger partial charge in [0.2, 0.25) is 5.91 Å². The molecule has 0 heterocycles. The first-order valence-corrected chi connectivity index (χ1v) is 5.93. The third kappa shape index (κ3) is 6.14. The van der Waals surface area contributed by atoms with Gasteiger partial charge in [0, 0.05) is 20.1 Å². The molecule has 0 radical (unpaired) electrons. The second-order valence-corrected chi connectivity index (χ2v) is 4.90. The van der Waals surface area contributed by atoms with Crippen molar-refractivity contribution >= 4 is 12.0 Å². The molecule has 0 unspecified atom stereocenters. The lowest BCUT2D eigenvalue weighted by molar-refractivity contribution is -0.131. The summed E-state index contributed by atoms with van der Waals surface area (Å²) in [6.45, 7) is 10.6. The van der Waals surface area contributed by atoms with Crippen LogP contribution in [-0.4, -0.2) is 54.1 Å². The highest BCUT2D eigenvalue weighted by molar-refractivity contribution is 5.82. The summed E-state index contributed by atoms with van der Waals surface area (Å²) in [5.74, 6) is -0.0663. The van der Waals surface area contributed by atoms with E-state index in [9.17, 15) is 9.59 Å². The normalized spacial score (nSPS) is 10.9. The third-order valence-electron chi connectivity index (χ3n) is 2.19. The summed E-state index contributed by atoms with van der Waals surface area (Å²) >= 11 is 0. The van der Waals surface area contributed by atoms with Crippen LogP contribution in [0.4, 0.5) is 4.79 Å². The van der Waals surface area contributed by atoms with Gasteiger partial charge >= 0.3 is 6.09 Å². The van der Waals surface area contributed by atoms with E-state index < -0.39 is 11.7 Å². The molecular weight excluding hydrogens is 220 g/mol. The average Bonchev–Trinajstić information content (AvgIpc) is 2.16. The van der Waals surface area contributed by atoms with Crippen LogP contribution in [0.25, 0.3) is 0 Å². The van der Waals surface area contributed by atoms with E-state index >= 15 is 0 Å². The van der Waals surface area contributed by atoms with Crippen LogP contribution in [0.1, 0.15) is 34.6 Å². The van der Waals surface area contributed by atoms with Gasteiger partial charge in [-0.3, -0.25) is 4.79 Å². The van der Waals surface area contributed by atoms with E-state index in [0.717, 1.165) is 0 Å². The van der Waals surface area contributed by atoms with Crippen molar-refractivity contribution < 1.29 is 14.3 Å². The second-order valence-electron chi connectivity index (χ2n) is 4.90. The molecule has 0 atom stereocenters. The summed E-state index contributed by atoms with van der Waals surface area (Å²) in [7, 11) is 1.56. The molecule has 0 N–H and O–H groups in total. The van der Waals surface area contributed by atoms with E-state index in [0.29, 0.717) is 13.1 Å². The van der Waals surface area contributed by atoms with Crippen molar-refractivity contribution in [3.8, 4) is 0 Å². The largest absolute Gasteiger partial charge is 0.444 e. The van der Waals surface area contributed by atoms with Crippen molar-refractivity contribution in [2.45, 2.75) is 40.2 Å². The minimum absolute atomic E-state index is 0.0522. The Morgan fingerprint density at radius 3 is 1.94 bits per heavy atom. The van der Waals surface area contributed by atoms with Crippen LogP contribution in [0.2, 0.25) is 0 Å². The lowest BCUT2D eigenvalue weighted by Gasteiger charge is -2.26. The predicted molar refractivity (Wildman–Crippen MR) is 66.8 cm³/mol. The Kier molecular flexibility index (Phi) is 5.99. The van der Waals surface area contributed by atoms with Gasteiger partial charge in [-0.1, -0.05) is 0 Å². The molecule has 0 aliphatic heterocycles. The van der Waals surface area contributed by atoms with E-state index in [4.69, 9.17) is 4.74 Å². The van der Waals surface area contributed by atoms with Crippen LogP contribution in [0.3, 0.4) is 0 Å². The first-order valence-electron chi connectivity index (χ1n) is 5.93. The molecule has 0 fully saturated rings. The fraction of sp³-hybridized carbons (Fsp3) is 0.833. The Labute approximate surface area is 104 Å². The van der Waals surface area contributed by atoms with Crippen LogP contribution in [0, 0.1) is 0 Å². The molecule has 0 saturated heterocycles. The lowest BCUT2D eigenvalue weighted by atomic mass is 10.2. The fourth-order valence-electron chi connectivity index (χ4n) is 1.28. The average molecular weight is 244 g/mol. The van der Waals surface area contributed by atoms with Crippen molar-refractivity contribution in [3.63, 3.8) is 0 Å². The fourth-order valence-corrected chi connectivity index (χ4v) is 1.28. The number of likely N-dealkylation sites (N-methyl/N-ethyl adjacent to an activating group) is 2. The molecule has 0 aliphatic rings. The minimum atomic E-state index is -0.538. The zero-order valence-electron chi connectivity index (χ0n) is 11.7. The Morgan fingerprint density at radius 2 is 1.59 bits per heavy atom. The van der Waals surface area contributed by atoms with E-state index in [1.165, 1.54) is 4.90 Å². The van der Waals surface area contributed by atoms with Crippen molar-refractivity contribution in [2.75, 3.05) is 26.7 Å². The first kappa shape index (κ1) is 15.7. The number of amides is 2. The number of nitrogens with zero attached hydrogens (tertiary/aromatic N) is 2. The highest BCUT2D eigenvalue weighted by Crippen LogP contribution is 2.09. The standard InChI is InChI=1S/C12H24N2O3/c1-7-14(8-2)10(15)9-13(6)11(16)17-12(3,4)5/h7-9H2,1-6H3. The SMILES string of the molecule is CCN(CC)C(=O)CN(C)C(=O)OC(C)(C)C.